The van der Waals surface area contributed by atoms with Crippen molar-refractivity contribution in [3.8, 4) is 0 Å². The van der Waals surface area contributed by atoms with Crippen molar-refractivity contribution in [2.45, 2.75) is 64.0 Å². The lowest BCUT2D eigenvalue weighted by Crippen LogP contribution is -2.58. The van der Waals surface area contributed by atoms with Gasteiger partial charge in [-0.1, -0.05) is 37.1 Å². The van der Waals surface area contributed by atoms with Crippen LogP contribution in [0.25, 0.3) is 0 Å². The first-order chi connectivity index (χ1) is 15.1. The Morgan fingerprint density at radius 3 is 2.41 bits per heavy atom. The molecule has 1 fully saturated rings. The molecule has 0 aromatic heterocycles. The predicted octanol–water partition coefficient (Wildman–Crippen LogP) is 4.02. The van der Waals surface area contributed by atoms with E-state index in [1.807, 2.05) is 39.0 Å². The molecule has 0 saturated carbocycles. The van der Waals surface area contributed by atoms with Crippen molar-refractivity contribution in [2.24, 2.45) is 0 Å². The van der Waals surface area contributed by atoms with E-state index >= 15 is 0 Å². The van der Waals surface area contributed by atoms with Crippen LogP contribution in [0.1, 0.15) is 55.0 Å². The van der Waals surface area contributed by atoms with Crippen molar-refractivity contribution in [3.05, 3.63) is 58.7 Å². The Bertz CT molecular complexity index is 1050. The summed E-state index contributed by atoms with van der Waals surface area (Å²) in [5.41, 5.74) is 4.13. The molecule has 2 N–H and O–H groups in total. The number of β-amino-alcohol motifs (C(OH)–C–C–N with tert-alkyl or cyclic N) is 1. The lowest BCUT2D eigenvalue weighted by Gasteiger charge is -2.39. The van der Waals surface area contributed by atoms with E-state index in [2.05, 4.69) is 19.2 Å². The molecule has 176 valence electrons. The van der Waals surface area contributed by atoms with Crippen LogP contribution in [0.15, 0.2) is 41.3 Å². The minimum atomic E-state index is -3.74. The number of aliphatic hydroxyl groups is 1. The van der Waals surface area contributed by atoms with Gasteiger partial charge in [-0.15, -0.1) is 0 Å². The van der Waals surface area contributed by atoms with Gasteiger partial charge in [0, 0.05) is 13.1 Å². The van der Waals surface area contributed by atoms with Crippen LogP contribution in [0, 0.1) is 20.8 Å². The molecule has 0 aliphatic carbocycles. The van der Waals surface area contributed by atoms with Crippen molar-refractivity contribution in [3.63, 3.8) is 0 Å². The van der Waals surface area contributed by atoms with Gasteiger partial charge in [0.25, 0.3) is 10.0 Å². The molecule has 1 saturated heterocycles. The Kier molecular flexibility index (Phi) is 7.65. The number of rotatable bonds is 10. The summed E-state index contributed by atoms with van der Waals surface area (Å²) in [7, 11) is -3.74. The smallest absolute Gasteiger partial charge is 0.264 e. The Morgan fingerprint density at radius 1 is 1.12 bits per heavy atom. The van der Waals surface area contributed by atoms with Crippen molar-refractivity contribution < 1.29 is 18.3 Å². The molecule has 2 aromatic rings. The van der Waals surface area contributed by atoms with Gasteiger partial charge in [0.2, 0.25) is 0 Å². The summed E-state index contributed by atoms with van der Waals surface area (Å²) < 4.78 is 34.1. The Hall–Kier alpha value is -1.93. The van der Waals surface area contributed by atoms with Gasteiger partial charge in [0.1, 0.15) is 0 Å². The highest BCUT2D eigenvalue weighted by molar-refractivity contribution is 7.92. The summed E-state index contributed by atoms with van der Waals surface area (Å²) in [6.45, 7) is 12.0. The Balaban J connectivity index is 1.87. The van der Waals surface area contributed by atoms with Crippen LogP contribution in [0.2, 0.25) is 0 Å². The molecule has 32 heavy (non-hydrogen) atoms. The minimum absolute atomic E-state index is 0.107. The van der Waals surface area contributed by atoms with E-state index in [0.29, 0.717) is 32.0 Å². The van der Waals surface area contributed by atoms with Gasteiger partial charge in [0.05, 0.1) is 35.4 Å². The largest absolute Gasteiger partial charge is 0.387 e. The standard InChI is InChI=1S/C25H36N2O4S/c1-6-7-12-27(23-11-8-18(2)13-20(23)4)32(29,30)21-9-10-22(19(3)14-21)24(28)15-26-25(5)16-31-17-25/h8-11,13-14,24,26,28H,6-7,12,15-17H2,1-5H3. The zero-order valence-corrected chi connectivity index (χ0v) is 20.6. The summed E-state index contributed by atoms with van der Waals surface area (Å²) in [5, 5.41) is 14.0. The van der Waals surface area contributed by atoms with E-state index in [1.165, 1.54) is 4.31 Å². The fourth-order valence-corrected chi connectivity index (χ4v) is 5.68. The Labute approximate surface area is 192 Å². The number of hydrogen-bond acceptors (Lipinski definition) is 5. The first-order valence-electron chi connectivity index (χ1n) is 11.3. The average molecular weight is 461 g/mol. The van der Waals surface area contributed by atoms with Crippen LogP contribution in [0.3, 0.4) is 0 Å². The molecule has 3 rings (SSSR count). The number of aryl methyl sites for hydroxylation is 3. The van der Waals surface area contributed by atoms with Crippen molar-refractivity contribution in [1.29, 1.82) is 0 Å². The number of benzene rings is 2. The number of hydrogen-bond donors (Lipinski definition) is 2. The highest BCUT2D eigenvalue weighted by atomic mass is 32.2. The minimum Gasteiger partial charge on any atom is -0.387 e. The second-order valence-electron chi connectivity index (χ2n) is 9.19. The molecule has 0 amide bonds. The third-order valence-electron chi connectivity index (χ3n) is 6.09. The van der Waals surface area contributed by atoms with Gasteiger partial charge in [0.15, 0.2) is 0 Å². The monoisotopic (exact) mass is 460 g/mol. The van der Waals surface area contributed by atoms with Gasteiger partial charge in [-0.3, -0.25) is 4.31 Å². The topological polar surface area (TPSA) is 78.9 Å². The van der Waals surface area contributed by atoms with E-state index in [1.54, 1.807) is 18.2 Å². The van der Waals surface area contributed by atoms with E-state index in [-0.39, 0.29) is 10.4 Å². The first kappa shape index (κ1) is 24.7. The summed E-state index contributed by atoms with van der Waals surface area (Å²) in [5.74, 6) is 0. The first-order valence-corrected chi connectivity index (χ1v) is 12.7. The lowest BCUT2D eigenvalue weighted by molar-refractivity contribution is -0.0679. The summed E-state index contributed by atoms with van der Waals surface area (Å²) >= 11 is 0. The number of sulfonamides is 1. The number of unbranched alkanes of at least 4 members (excludes halogenated alkanes) is 1. The number of nitrogens with one attached hydrogen (secondary N) is 1. The van der Waals surface area contributed by atoms with Crippen LogP contribution in [-0.4, -0.2) is 45.4 Å². The maximum Gasteiger partial charge on any atom is 0.264 e. The van der Waals surface area contributed by atoms with E-state index in [9.17, 15) is 13.5 Å². The zero-order chi connectivity index (χ0) is 23.5. The number of nitrogens with zero attached hydrogens (tertiary/aromatic N) is 1. The van der Waals surface area contributed by atoms with Gasteiger partial charge in [-0.05, 0) is 69.0 Å². The van der Waals surface area contributed by atoms with E-state index in [4.69, 9.17) is 4.74 Å². The summed E-state index contributed by atoms with van der Waals surface area (Å²) in [6.07, 6.45) is 0.953. The van der Waals surface area contributed by atoms with E-state index in [0.717, 1.165) is 35.1 Å². The predicted molar refractivity (Wildman–Crippen MR) is 129 cm³/mol. The number of ether oxygens (including phenoxy) is 1. The lowest BCUT2D eigenvalue weighted by atomic mass is 9.98. The van der Waals surface area contributed by atoms with Crippen LogP contribution in [-0.2, 0) is 14.8 Å². The maximum atomic E-state index is 13.7. The van der Waals surface area contributed by atoms with Gasteiger partial charge in [-0.25, -0.2) is 8.42 Å². The fourth-order valence-electron chi connectivity index (χ4n) is 4.03. The van der Waals surface area contributed by atoms with Crippen molar-refractivity contribution in [2.75, 3.05) is 30.6 Å². The van der Waals surface area contributed by atoms with Crippen LogP contribution in [0.4, 0.5) is 5.69 Å². The molecule has 0 spiro atoms. The quantitative estimate of drug-likeness (QED) is 0.560. The molecule has 1 aliphatic heterocycles. The highest BCUT2D eigenvalue weighted by Gasteiger charge is 2.33. The average Bonchev–Trinajstić information content (AvgIpc) is 2.72. The molecule has 7 heteroatoms. The second kappa shape index (κ2) is 9.91. The van der Waals surface area contributed by atoms with E-state index < -0.39 is 16.1 Å². The molecular formula is C25H36N2O4S. The molecule has 1 aliphatic rings. The molecule has 0 radical (unpaired) electrons. The second-order valence-corrected chi connectivity index (χ2v) is 11.1. The van der Waals surface area contributed by atoms with Gasteiger partial charge < -0.3 is 15.2 Å². The normalized spacial score (nSPS) is 16.4. The number of aliphatic hydroxyl groups excluding tert-OH is 1. The van der Waals surface area contributed by atoms with Crippen molar-refractivity contribution >= 4 is 15.7 Å². The molecule has 6 nitrogen and oxygen atoms in total. The molecule has 1 unspecified atom stereocenters. The van der Waals surface area contributed by atoms with Crippen LogP contribution >= 0.6 is 0 Å². The highest BCUT2D eigenvalue weighted by Crippen LogP contribution is 2.30. The summed E-state index contributed by atoms with van der Waals surface area (Å²) in [6, 6.07) is 10.9. The molecule has 1 heterocycles. The molecular weight excluding hydrogens is 424 g/mol. The maximum absolute atomic E-state index is 13.7. The van der Waals surface area contributed by atoms with Crippen LogP contribution in [0.5, 0.6) is 0 Å². The molecule has 0 bridgehead atoms. The van der Waals surface area contributed by atoms with Crippen molar-refractivity contribution in [1.82, 2.24) is 5.32 Å². The SMILES string of the molecule is CCCCN(c1ccc(C)cc1C)S(=O)(=O)c1ccc(C(O)CNC2(C)COC2)c(C)c1. The Morgan fingerprint density at radius 2 is 1.84 bits per heavy atom. The van der Waals surface area contributed by atoms with Gasteiger partial charge >= 0.3 is 0 Å². The fraction of sp³-hybridized carbons (Fsp3) is 0.520. The summed E-state index contributed by atoms with van der Waals surface area (Å²) in [4.78, 5) is 0.245. The molecule has 1 atom stereocenters. The molecule has 2 aromatic carbocycles. The van der Waals surface area contributed by atoms with Gasteiger partial charge in [-0.2, -0.15) is 0 Å². The third-order valence-corrected chi connectivity index (χ3v) is 7.90. The van der Waals surface area contributed by atoms with Crippen LogP contribution < -0.4 is 9.62 Å². The number of anilines is 1. The zero-order valence-electron chi connectivity index (χ0n) is 19.8. The third kappa shape index (κ3) is 5.34.